The Morgan fingerprint density at radius 2 is 1.86 bits per heavy atom. The van der Waals surface area contributed by atoms with Crippen LogP contribution in [0.5, 0.6) is 0 Å². The van der Waals surface area contributed by atoms with Gasteiger partial charge in [0, 0.05) is 60.5 Å². The van der Waals surface area contributed by atoms with Crippen LogP contribution in [0, 0.1) is 28.1 Å². The van der Waals surface area contributed by atoms with Gasteiger partial charge < -0.3 is 33.2 Å². The Labute approximate surface area is 253 Å². The maximum Gasteiger partial charge on any atom is 0.333 e. The quantitative estimate of drug-likeness (QED) is 0.282. The standard InChI is InChI=1S/C34H46O9/c1-9-17(2)31(37)43-30-28-29-32(5,16-40-28)25(41-19(4)35)14-24(36)33(29,6)23-13-26(38-8)42-22-12-21(20-10-11-39-15-20)18(3)27(22)34(23,30)7/h9-11,15,21-26,28-30,36H,12-14,16H2,1-8H3/b17-9+/t21-,22+,23-,24+,25-,26-,28-,29+,30-,32-,33+,34-/m1/s1. The van der Waals surface area contributed by atoms with Gasteiger partial charge in [-0.2, -0.15) is 0 Å². The topological polar surface area (TPSA) is 114 Å². The molecule has 3 aliphatic carbocycles. The number of rotatable bonds is 5. The lowest BCUT2D eigenvalue weighted by molar-refractivity contribution is -0.259. The number of aliphatic hydroxyl groups is 1. The van der Waals surface area contributed by atoms with Crippen molar-refractivity contribution in [1.82, 2.24) is 0 Å². The van der Waals surface area contributed by atoms with Gasteiger partial charge in [-0.25, -0.2) is 4.79 Å². The maximum absolute atomic E-state index is 13.6. The van der Waals surface area contributed by atoms with Gasteiger partial charge in [-0.3, -0.25) is 4.79 Å². The molecule has 2 saturated heterocycles. The zero-order valence-corrected chi connectivity index (χ0v) is 26.5. The molecule has 0 amide bonds. The van der Waals surface area contributed by atoms with E-state index in [4.69, 9.17) is 28.1 Å². The van der Waals surface area contributed by atoms with Crippen LogP contribution in [0.2, 0.25) is 0 Å². The smallest absolute Gasteiger partial charge is 0.333 e. The number of furan rings is 1. The van der Waals surface area contributed by atoms with Crippen LogP contribution in [0.15, 0.2) is 45.8 Å². The van der Waals surface area contributed by atoms with Crippen LogP contribution in [0.3, 0.4) is 0 Å². The number of carbonyl (C=O) groups excluding carboxylic acids is 2. The Morgan fingerprint density at radius 1 is 1.12 bits per heavy atom. The second kappa shape index (κ2) is 10.6. The van der Waals surface area contributed by atoms with Crippen molar-refractivity contribution in [3.05, 3.63) is 47.0 Å². The summed E-state index contributed by atoms with van der Waals surface area (Å²) in [6.45, 7) is 13.9. The molecule has 2 saturated carbocycles. The molecule has 2 aliphatic heterocycles. The number of hydrogen-bond acceptors (Lipinski definition) is 9. The van der Waals surface area contributed by atoms with E-state index in [-0.39, 0.29) is 29.8 Å². The third kappa shape index (κ3) is 4.25. The minimum Gasteiger partial charge on any atom is -0.472 e. The number of allylic oxidation sites excluding steroid dienone is 2. The highest BCUT2D eigenvalue weighted by Crippen LogP contribution is 2.72. The first-order valence-electron chi connectivity index (χ1n) is 15.5. The number of esters is 2. The van der Waals surface area contributed by atoms with Crippen LogP contribution in [-0.2, 0) is 33.3 Å². The first kappa shape index (κ1) is 30.6. The molecule has 9 nitrogen and oxygen atoms in total. The van der Waals surface area contributed by atoms with Gasteiger partial charge in [0.25, 0.3) is 0 Å². The van der Waals surface area contributed by atoms with Crippen LogP contribution in [0.1, 0.15) is 79.2 Å². The molecule has 0 aromatic carbocycles. The summed E-state index contributed by atoms with van der Waals surface area (Å²) in [6, 6.07) is 1.99. The van der Waals surface area contributed by atoms with Gasteiger partial charge in [-0.1, -0.05) is 32.4 Å². The first-order chi connectivity index (χ1) is 20.3. The fourth-order valence-electron chi connectivity index (χ4n) is 10.1. The lowest BCUT2D eigenvalue weighted by atomic mass is 9.39. The van der Waals surface area contributed by atoms with Crippen LogP contribution in [0.4, 0.5) is 0 Å². The van der Waals surface area contributed by atoms with E-state index in [1.165, 1.54) is 6.92 Å². The van der Waals surface area contributed by atoms with E-state index in [9.17, 15) is 14.7 Å². The predicted molar refractivity (Wildman–Crippen MR) is 156 cm³/mol. The number of fused-ring (bicyclic) bond motifs is 4. The largest absolute Gasteiger partial charge is 0.472 e. The number of ether oxygens (including phenoxy) is 5. The summed E-state index contributed by atoms with van der Waals surface area (Å²) in [5.74, 6) is -1.21. The molecule has 43 heavy (non-hydrogen) atoms. The predicted octanol–water partition coefficient (Wildman–Crippen LogP) is 5.08. The molecular formula is C34H46O9. The Bertz CT molecular complexity index is 1330. The second-order valence-electron chi connectivity index (χ2n) is 14.1. The zero-order chi connectivity index (χ0) is 31.1. The molecule has 4 fully saturated rings. The number of carbonyl (C=O) groups is 2. The molecule has 9 heteroatoms. The third-order valence-electron chi connectivity index (χ3n) is 12.1. The fourth-order valence-corrected chi connectivity index (χ4v) is 10.1. The molecule has 3 heterocycles. The van der Waals surface area contributed by atoms with Crippen LogP contribution >= 0.6 is 0 Å². The normalized spacial score (nSPS) is 45.6. The molecule has 1 N–H and O–H groups in total. The summed E-state index contributed by atoms with van der Waals surface area (Å²) >= 11 is 0. The fraction of sp³-hybridized carbons (Fsp3) is 0.706. The first-order valence-corrected chi connectivity index (χ1v) is 15.5. The van der Waals surface area contributed by atoms with E-state index in [0.717, 1.165) is 16.7 Å². The number of methoxy groups -OCH3 is 1. The molecule has 1 aromatic heterocycles. The highest BCUT2D eigenvalue weighted by molar-refractivity contribution is 5.87. The summed E-state index contributed by atoms with van der Waals surface area (Å²) in [5.41, 5.74) is 1.77. The number of hydrogen-bond donors (Lipinski definition) is 1. The monoisotopic (exact) mass is 598 g/mol. The van der Waals surface area contributed by atoms with Gasteiger partial charge in [-0.15, -0.1) is 0 Å². The van der Waals surface area contributed by atoms with Gasteiger partial charge in [0.1, 0.15) is 12.2 Å². The van der Waals surface area contributed by atoms with Crippen molar-refractivity contribution in [3.8, 4) is 0 Å². The lowest BCUT2D eigenvalue weighted by Crippen LogP contribution is -2.72. The Kier molecular flexibility index (Phi) is 7.51. The molecule has 236 valence electrons. The summed E-state index contributed by atoms with van der Waals surface area (Å²) < 4.78 is 37.3. The molecule has 1 aromatic rings. The van der Waals surface area contributed by atoms with E-state index in [2.05, 4.69) is 27.7 Å². The van der Waals surface area contributed by atoms with E-state index < -0.39 is 52.9 Å². The van der Waals surface area contributed by atoms with Crippen LogP contribution in [0.25, 0.3) is 0 Å². The average molecular weight is 599 g/mol. The molecule has 0 spiro atoms. The van der Waals surface area contributed by atoms with Crippen molar-refractivity contribution in [2.24, 2.45) is 28.1 Å². The molecule has 6 rings (SSSR count). The highest BCUT2D eigenvalue weighted by Gasteiger charge is 2.77. The molecule has 12 atom stereocenters. The minimum absolute atomic E-state index is 0.0605. The molecule has 0 radical (unpaired) electrons. The van der Waals surface area contributed by atoms with Crippen molar-refractivity contribution >= 4 is 11.9 Å². The zero-order valence-electron chi connectivity index (χ0n) is 26.5. The third-order valence-corrected chi connectivity index (χ3v) is 12.1. The van der Waals surface area contributed by atoms with E-state index in [0.29, 0.717) is 31.4 Å². The van der Waals surface area contributed by atoms with Gasteiger partial charge in [-0.05, 0) is 50.3 Å². The van der Waals surface area contributed by atoms with E-state index in [1.807, 2.05) is 13.0 Å². The molecule has 5 aliphatic rings. The summed E-state index contributed by atoms with van der Waals surface area (Å²) in [5, 5.41) is 12.2. The summed E-state index contributed by atoms with van der Waals surface area (Å²) in [7, 11) is 1.66. The van der Waals surface area contributed by atoms with Crippen molar-refractivity contribution < 1.29 is 42.8 Å². The van der Waals surface area contributed by atoms with Crippen LogP contribution in [-0.4, -0.2) is 67.6 Å². The van der Waals surface area contributed by atoms with Gasteiger partial charge in [0.05, 0.1) is 37.4 Å². The summed E-state index contributed by atoms with van der Waals surface area (Å²) in [4.78, 5) is 25.8. The van der Waals surface area contributed by atoms with Crippen molar-refractivity contribution in [2.45, 2.75) is 110 Å². The van der Waals surface area contributed by atoms with Gasteiger partial charge in [0.2, 0.25) is 0 Å². The average Bonchev–Trinajstić information content (AvgIpc) is 3.67. The summed E-state index contributed by atoms with van der Waals surface area (Å²) in [6.07, 6.45) is 3.35. The molecule has 0 unspecified atom stereocenters. The lowest BCUT2D eigenvalue weighted by Gasteiger charge is -2.66. The van der Waals surface area contributed by atoms with Gasteiger partial charge in [0.15, 0.2) is 6.29 Å². The van der Waals surface area contributed by atoms with E-state index >= 15 is 0 Å². The second-order valence-corrected chi connectivity index (χ2v) is 14.1. The van der Waals surface area contributed by atoms with Crippen molar-refractivity contribution in [1.29, 1.82) is 0 Å². The van der Waals surface area contributed by atoms with Crippen LogP contribution < -0.4 is 0 Å². The molecular weight excluding hydrogens is 552 g/mol. The molecule has 0 bridgehead atoms. The minimum atomic E-state index is -0.807. The Balaban J connectivity index is 1.59. The Morgan fingerprint density at radius 3 is 2.49 bits per heavy atom. The number of aliphatic hydroxyl groups excluding tert-OH is 1. The highest BCUT2D eigenvalue weighted by atomic mass is 16.7. The van der Waals surface area contributed by atoms with Gasteiger partial charge >= 0.3 is 11.9 Å². The van der Waals surface area contributed by atoms with Crippen molar-refractivity contribution in [3.63, 3.8) is 0 Å². The SMILES string of the molecule is C/C=C(\C)C(=O)O[C@@H]1[C@@H]2OC[C@]3(C)[C@H](OC(C)=O)C[C@H](O)[C@@](C)([C@@H]23)[C@H]2C[C@H](OC)O[C@H]3C[C@@H](c4ccoc4)C(C)=C3[C@]12C. The van der Waals surface area contributed by atoms with E-state index in [1.54, 1.807) is 32.6 Å². The Hall–Kier alpha value is -2.46. The maximum atomic E-state index is 13.6. The van der Waals surface area contributed by atoms with Crippen molar-refractivity contribution in [2.75, 3.05) is 13.7 Å².